The van der Waals surface area contributed by atoms with Crippen LogP contribution in [0.3, 0.4) is 0 Å². The minimum atomic E-state index is -1.20. The van der Waals surface area contributed by atoms with Gasteiger partial charge in [0.1, 0.15) is 12.3 Å². The summed E-state index contributed by atoms with van der Waals surface area (Å²) in [5.74, 6) is -1.30. The Bertz CT molecular complexity index is 665. The molecular weight excluding hydrogens is 248 g/mol. The summed E-state index contributed by atoms with van der Waals surface area (Å²) in [6, 6.07) is 4.02. The van der Waals surface area contributed by atoms with Gasteiger partial charge in [0, 0.05) is 0 Å². The normalized spacial score (nSPS) is 10.6. The van der Waals surface area contributed by atoms with E-state index in [2.05, 4.69) is 4.98 Å². The summed E-state index contributed by atoms with van der Waals surface area (Å²) in [6.45, 7) is -0.573. The molecule has 0 saturated carbocycles. The zero-order valence-corrected chi connectivity index (χ0v) is 9.18. The topological polar surface area (TPSA) is 92.4 Å². The molecule has 0 aliphatic carbocycles. The van der Waals surface area contributed by atoms with Crippen LogP contribution in [0.2, 0.25) is 5.28 Å². The molecule has 0 bridgehead atoms. The largest absolute Gasteiger partial charge is 0.508 e. The van der Waals surface area contributed by atoms with Crippen molar-refractivity contribution in [1.82, 2.24) is 9.55 Å². The van der Waals surface area contributed by atoms with Crippen molar-refractivity contribution in [2.45, 2.75) is 6.54 Å². The van der Waals surface area contributed by atoms with Crippen molar-refractivity contribution in [2.24, 2.45) is 0 Å². The first-order chi connectivity index (χ1) is 7.99. The van der Waals surface area contributed by atoms with Crippen LogP contribution in [-0.4, -0.2) is 25.7 Å². The zero-order chi connectivity index (χ0) is 12.6. The third-order valence-corrected chi connectivity index (χ3v) is 2.47. The highest BCUT2D eigenvalue weighted by atomic mass is 35.5. The Balaban J connectivity index is 2.78. The van der Waals surface area contributed by atoms with Crippen molar-refractivity contribution in [3.8, 4) is 5.75 Å². The number of hydrogen-bond donors (Lipinski definition) is 2. The van der Waals surface area contributed by atoms with Crippen molar-refractivity contribution < 1.29 is 15.0 Å². The number of aromatic hydroxyl groups is 1. The summed E-state index contributed by atoms with van der Waals surface area (Å²) in [7, 11) is 0. The molecule has 0 unspecified atom stereocenters. The number of benzene rings is 1. The number of hydrogen-bond acceptors (Lipinski definition) is 4. The van der Waals surface area contributed by atoms with Gasteiger partial charge in [-0.2, -0.15) is 0 Å². The standard InChI is InChI=1S/C10H7ClN2O4/c11-10-12-7-2-1-5(14)3-6(7)9(17)13(10)4-8(15)16/h1-3,14H,4H2,(H,15,16). The van der Waals surface area contributed by atoms with Crippen LogP contribution in [0, 0.1) is 0 Å². The highest BCUT2D eigenvalue weighted by Gasteiger charge is 2.12. The van der Waals surface area contributed by atoms with E-state index in [1.807, 2.05) is 0 Å². The number of phenols is 1. The number of aromatic nitrogens is 2. The average molecular weight is 255 g/mol. The highest BCUT2D eigenvalue weighted by molar-refractivity contribution is 6.28. The number of fused-ring (bicyclic) bond motifs is 1. The van der Waals surface area contributed by atoms with Gasteiger partial charge in [0.2, 0.25) is 5.28 Å². The van der Waals surface area contributed by atoms with E-state index in [-0.39, 0.29) is 16.4 Å². The molecule has 0 spiro atoms. The predicted molar refractivity (Wildman–Crippen MR) is 60.3 cm³/mol. The second-order valence-electron chi connectivity index (χ2n) is 3.37. The van der Waals surface area contributed by atoms with Crippen molar-refractivity contribution in [1.29, 1.82) is 0 Å². The van der Waals surface area contributed by atoms with Crippen molar-refractivity contribution in [3.63, 3.8) is 0 Å². The summed E-state index contributed by atoms with van der Waals surface area (Å²) in [5.41, 5.74) is -0.294. The Morgan fingerprint density at radius 1 is 1.47 bits per heavy atom. The van der Waals surface area contributed by atoms with E-state index in [0.717, 1.165) is 4.57 Å². The Morgan fingerprint density at radius 2 is 2.18 bits per heavy atom. The third-order valence-electron chi connectivity index (χ3n) is 2.18. The maximum absolute atomic E-state index is 11.9. The number of rotatable bonds is 2. The van der Waals surface area contributed by atoms with Crippen molar-refractivity contribution >= 4 is 28.5 Å². The Morgan fingerprint density at radius 3 is 2.82 bits per heavy atom. The molecule has 6 nitrogen and oxygen atoms in total. The molecule has 0 radical (unpaired) electrons. The van der Waals surface area contributed by atoms with Gasteiger partial charge in [0.15, 0.2) is 0 Å². The van der Waals surface area contributed by atoms with Crippen LogP contribution in [0.15, 0.2) is 23.0 Å². The van der Waals surface area contributed by atoms with Gasteiger partial charge >= 0.3 is 5.97 Å². The van der Waals surface area contributed by atoms with Gasteiger partial charge in [-0.1, -0.05) is 0 Å². The van der Waals surface area contributed by atoms with Crippen molar-refractivity contribution in [2.75, 3.05) is 0 Å². The quantitative estimate of drug-likeness (QED) is 0.775. The molecule has 2 N–H and O–H groups in total. The van der Waals surface area contributed by atoms with Crippen LogP contribution in [0.4, 0.5) is 0 Å². The average Bonchev–Trinajstić information content (AvgIpc) is 2.25. The fourth-order valence-electron chi connectivity index (χ4n) is 1.45. The lowest BCUT2D eigenvalue weighted by atomic mass is 10.2. The monoisotopic (exact) mass is 254 g/mol. The molecule has 0 atom stereocenters. The van der Waals surface area contributed by atoms with E-state index in [0.29, 0.717) is 5.52 Å². The SMILES string of the molecule is O=C(O)Cn1c(Cl)nc2ccc(O)cc2c1=O. The lowest BCUT2D eigenvalue weighted by molar-refractivity contribution is -0.137. The summed E-state index contributed by atoms with van der Waals surface area (Å²) < 4.78 is 0.825. The van der Waals surface area contributed by atoms with Crippen LogP contribution < -0.4 is 5.56 Å². The first-order valence-electron chi connectivity index (χ1n) is 4.60. The second-order valence-corrected chi connectivity index (χ2v) is 3.71. The molecule has 0 aliphatic heterocycles. The third kappa shape index (κ3) is 2.07. The number of carboxylic acids is 1. The molecule has 1 aromatic carbocycles. The van der Waals surface area contributed by atoms with Crippen LogP contribution in [0.5, 0.6) is 5.75 Å². The Labute approximate surface area is 99.7 Å². The number of nitrogens with zero attached hydrogens (tertiary/aromatic N) is 2. The van der Waals surface area contributed by atoms with E-state index < -0.39 is 18.1 Å². The minimum absolute atomic E-state index is 0.0967. The minimum Gasteiger partial charge on any atom is -0.508 e. The zero-order valence-electron chi connectivity index (χ0n) is 8.42. The van der Waals surface area contributed by atoms with Gasteiger partial charge in [0.25, 0.3) is 5.56 Å². The maximum atomic E-state index is 11.9. The molecule has 0 saturated heterocycles. The van der Waals surface area contributed by atoms with Crippen LogP contribution in [-0.2, 0) is 11.3 Å². The number of phenolic OH excluding ortho intramolecular Hbond substituents is 1. The van der Waals surface area contributed by atoms with Gasteiger partial charge in [-0.3, -0.25) is 14.2 Å². The van der Waals surface area contributed by atoms with Gasteiger partial charge < -0.3 is 10.2 Å². The lowest BCUT2D eigenvalue weighted by Gasteiger charge is -2.06. The highest BCUT2D eigenvalue weighted by Crippen LogP contribution is 2.17. The Hall–Kier alpha value is -2.08. The summed E-state index contributed by atoms with van der Waals surface area (Å²) >= 11 is 5.72. The van der Waals surface area contributed by atoms with Crippen LogP contribution >= 0.6 is 11.6 Å². The number of aliphatic carboxylic acids is 1. The second kappa shape index (κ2) is 4.06. The molecule has 2 aromatic rings. The molecule has 1 heterocycles. The summed E-state index contributed by atoms with van der Waals surface area (Å²) in [6.07, 6.45) is 0. The molecule has 0 aliphatic rings. The molecule has 17 heavy (non-hydrogen) atoms. The summed E-state index contributed by atoms with van der Waals surface area (Å²) in [4.78, 5) is 26.4. The molecule has 7 heteroatoms. The molecule has 0 amide bonds. The van der Waals surface area contributed by atoms with Crippen molar-refractivity contribution in [3.05, 3.63) is 33.8 Å². The van der Waals surface area contributed by atoms with Gasteiger partial charge in [-0.15, -0.1) is 0 Å². The fraction of sp³-hybridized carbons (Fsp3) is 0.100. The predicted octanol–water partition coefficient (Wildman–Crippen LogP) is 0.840. The smallest absolute Gasteiger partial charge is 0.323 e. The van der Waals surface area contributed by atoms with E-state index >= 15 is 0 Å². The van der Waals surface area contributed by atoms with Crippen LogP contribution in [0.25, 0.3) is 10.9 Å². The summed E-state index contributed by atoms with van der Waals surface area (Å²) in [5, 5.41) is 17.8. The first-order valence-corrected chi connectivity index (χ1v) is 4.97. The fourth-order valence-corrected chi connectivity index (χ4v) is 1.68. The van der Waals surface area contributed by atoms with Gasteiger partial charge in [0.05, 0.1) is 10.9 Å². The van der Waals surface area contributed by atoms with Crippen LogP contribution in [0.1, 0.15) is 0 Å². The van der Waals surface area contributed by atoms with Gasteiger partial charge in [-0.05, 0) is 29.8 Å². The van der Waals surface area contributed by atoms with E-state index in [1.54, 1.807) is 0 Å². The molecular formula is C10H7ClN2O4. The van der Waals surface area contributed by atoms with E-state index in [9.17, 15) is 14.7 Å². The molecule has 1 aromatic heterocycles. The lowest BCUT2D eigenvalue weighted by Crippen LogP contribution is -2.25. The molecule has 88 valence electrons. The first kappa shape index (κ1) is 11.4. The van der Waals surface area contributed by atoms with E-state index in [1.165, 1.54) is 18.2 Å². The van der Waals surface area contributed by atoms with E-state index in [4.69, 9.17) is 16.7 Å². The Kier molecular flexibility index (Phi) is 2.72. The maximum Gasteiger partial charge on any atom is 0.323 e. The number of carboxylic acid groups (broad SMARTS) is 1. The molecule has 0 fully saturated rings. The number of halogens is 1. The number of carbonyl (C=O) groups is 1. The molecule has 2 rings (SSSR count). The van der Waals surface area contributed by atoms with Gasteiger partial charge in [-0.25, -0.2) is 4.98 Å².